The summed E-state index contributed by atoms with van der Waals surface area (Å²) < 4.78 is 0. The maximum Gasteiger partial charge on any atom is 0.0345 e. The summed E-state index contributed by atoms with van der Waals surface area (Å²) in [5.41, 5.74) is 1.44. The molecule has 1 fully saturated rings. The first-order chi connectivity index (χ1) is 9.58. The first-order valence-electron chi connectivity index (χ1n) is 8.39. The molecule has 1 heteroatoms. The molecule has 1 aliphatic rings. The van der Waals surface area contributed by atoms with Gasteiger partial charge in [0.05, 0.1) is 0 Å². The molecule has 0 aromatic heterocycles. The average Bonchev–Trinajstić information content (AvgIpc) is 2.46. The number of nitrogens with one attached hydrogen (secondary N) is 1. The van der Waals surface area contributed by atoms with Gasteiger partial charge in [-0.3, -0.25) is 0 Å². The van der Waals surface area contributed by atoms with E-state index in [2.05, 4.69) is 63.3 Å². The predicted molar refractivity (Wildman–Crippen MR) is 87.7 cm³/mol. The van der Waals surface area contributed by atoms with Gasteiger partial charge in [0.1, 0.15) is 0 Å². The van der Waals surface area contributed by atoms with Crippen molar-refractivity contribution in [1.82, 2.24) is 5.32 Å². The van der Waals surface area contributed by atoms with Crippen LogP contribution in [0.1, 0.15) is 65.0 Å². The second kappa shape index (κ2) is 7.26. The van der Waals surface area contributed by atoms with Crippen molar-refractivity contribution < 1.29 is 0 Å². The maximum absolute atomic E-state index is 3.93. The molecule has 1 nitrogen and oxygen atoms in total. The number of hydrogen-bond acceptors (Lipinski definition) is 1. The van der Waals surface area contributed by atoms with E-state index in [0.717, 1.165) is 11.8 Å². The Morgan fingerprint density at radius 1 is 0.900 bits per heavy atom. The van der Waals surface area contributed by atoms with Crippen LogP contribution in [0.25, 0.3) is 0 Å². The van der Waals surface area contributed by atoms with Crippen LogP contribution in [0.5, 0.6) is 0 Å². The fraction of sp³-hybridized carbons (Fsp3) is 0.684. The van der Waals surface area contributed by atoms with Gasteiger partial charge in [0.15, 0.2) is 0 Å². The van der Waals surface area contributed by atoms with Crippen LogP contribution in [-0.4, -0.2) is 6.04 Å². The summed E-state index contributed by atoms with van der Waals surface area (Å²) in [4.78, 5) is 0. The van der Waals surface area contributed by atoms with Crippen LogP contribution in [0.3, 0.4) is 0 Å². The molecular formula is C19H31N. The minimum absolute atomic E-state index is 0.497. The highest BCUT2D eigenvalue weighted by molar-refractivity contribution is 5.19. The summed E-state index contributed by atoms with van der Waals surface area (Å²) in [5, 5.41) is 3.93. The summed E-state index contributed by atoms with van der Waals surface area (Å²) in [6.45, 7) is 9.40. The molecule has 112 valence electrons. The van der Waals surface area contributed by atoms with E-state index in [-0.39, 0.29) is 0 Å². The van der Waals surface area contributed by atoms with Gasteiger partial charge in [-0.15, -0.1) is 0 Å². The third-order valence-electron chi connectivity index (χ3n) is 4.96. The van der Waals surface area contributed by atoms with Crippen LogP contribution in [0, 0.1) is 17.8 Å². The second-order valence-electron chi connectivity index (χ2n) is 7.15. The maximum atomic E-state index is 3.93. The monoisotopic (exact) mass is 273 g/mol. The van der Waals surface area contributed by atoms with Crippen LogP contribution in [-0.2, 0) is 0 Å². The lowest BCUT2D eigenvalue weighted by Gasteiger charge is -2.35. The summed E-state index contributed by atoms with van der Waals surface area (Å²) in [6.07, 6.45) is 5.49. The normalized spacial score (nSPS) is 25.1. The van der Waals surface area contributed by atoms with Gasteiger partial charge in [-0.2, -0.15) is 0 Å². The standard InChI is InChI=1S/C19H31N/c1-14(2)16-10-12-18(13-11-16)20-19(15(3)4)17-8-6-5-7-9-17/h5-9,14-16,18-20H,10-13H2,1-4H3. The molecule has 1 aliphatic carbocycles. The Morgan fingerprint density at radius 2 is 1.50 bits per heavy atom. The lowest BCUT2D eigenvalue weighted by molar-refractivity contribution is 0.218. The molecule has 1 atom stereocenters. The van der Waals surface area contributed by atoms with Gasteiger partial charge < -0.3 is 5.32 Å². The van der Waals surface area contributed by atoms with Crippen LogP contribution >= 0.6 is 0 Å². The number of rotatable bonds is 5. The molecule has 0 saturated heterocycles. The zero-order chi connectivity index (χ0) is 14.5. The van der Waals surface area contributed by atoms with Crippen molar-refractivity contribution in [3.8, 4) is 0 Å². The van der Waals surface area contributed by atoms with Crippen LogP contribution < -0.4 is 5.32 Å². The van der Waals surface area contributed by atoms with E-state index in [1.54, 1.807) is 0 Å². The molecule has 20 heavy (non-hydrogen) atoms. The molecule has 0 aliphatic heterocycles. The first kappa shape index (κ1) is 15.6. The van der Waals surface area contributed by atoms with Crippen molar-refractivity contribution in [3.05, 3.63) is 35.9 Å². The van der Waals surface area contributed by atoms with Gasteiger partial charge in [0, 0.05) is 12.1 Å². The van der Waals surface area contributed by atoms with Crippen molar-refractivity contribution in [1.29, 1.82) is 0 Å². The Kier molecular flexibility index (Phi) is 5.65. The average molecular weight is 273 g/mol. The van der Waals surface area contributed by atoms with Crippen molar-refractivity contribution in [2.45, 2.75) is 65.5 Å². The predicted octanol–water partition coefficient (Wildman–Crippen LogP) is 5.19. The van der Waals surface area contributed by atoms with Crippen LogP contribution in [0.15, 0.2) is 30.3 Å². The fourth-order valence-corrected chi connectivity index (χ4v) is 3.54. The quantitative estimate of drug-likeness (QED) is 0.778. The Balaban J connectivity index is 1.94. The van der Waals surface area contributed by atoms with Crippen LogP contribution in [0.2, 0.25) is 0 Å². The lowest BCUT2D eigenvalue weighted by Crippen LogP contribution is -2.38. The van der Waals surface area contributed by atoms with Gasteiger partial charge in [0.2, 0.25) is 0 Å². The molecule has 0 heterocycles. The molecule has 1 aromatic carbocycles. The van der Waals surface area contributed by atoms with E-state index in [4.69, 9.17) is 0 Å². The minimum Gasteiger partial charge on any atom is -0.307 e. The van der Waals surface area contributed by atoms with Gasteiger partial charge in [0.25, 0.3) is 0 Å². The largest absolute Gasteiger partial charge is 0.307 e. The first-order valence-corrected chi connectivity index (χ1v) is 8.39. The summed E-state index contributed by atoms with van der Waals surface area (Å²) >= 11 is 0. The zero-order valence-electron chi connectivity index (χ0n) is 13.6. The molecule has 1 unspecified atom stereocenters. The molecular weight excluding hydrogens is 242 g/mol. The van der Waals surface area contributed by atoms with Gasteiger partial charge >= 0.3 is 0 Å². The zero-order valence-corrected chi connectivity index (χ0v) is 13.6. The van der Waals surface area contributed by atoms with E-state index >= 15 is 0 Å². The van der Waals surface area contributed by atoms with Crippen molar-refractivity contribution in [2.75, 3.05) is 0 Å². The van der Waals surface area contributed by atoms with Gasteiger partial charge in [-0.25, -0.2) is 0 Å². The summed E-state index contributed by atoms with van der Waals surface area (Å²) in [7, 11) is 0. The number of hydrogen-bond donors (Lipinski definition) is 1. The lowest BCUT2D eigenvalue weighted by atomic mass is 9.79. The smallest absolute Gasteiger partial charge is 0.0345 e. The highest BCUT2D eigenvalue weighted by Gasteiger charge is 2.26. The highest BCUT2D eigenvalue weighted by atomic mass is 15.0. The minimum atomic E-state index is 0.497. The van der Waals surface area contributed by atoms with Crippen molar-refractivity contribution in [3.63, 3.8) is 0 Å². The molecule has 0 amide bonds. The van der Waals surface area contributed by atoms with Crippen LogP contribution in [0.4, 0.5) is 0 Å². The highest BCUT2D eigenvalue weighted by Crippen LogP contribution is 2.32. The molecule has 1 N–H and O–H groups in total. The summed E-state index contributed by atoms with van der Waals surface area (Å²) in [6, 6.07) is 12.1. The molecule has 0 bridgehead atoms. The van der Waals surface area contributed by atoms with E-state index in [0.29, 0.717) is 18.0 Å². The van der Waals surface area contributed by atoms with Gasteiger partial charge in [-0.05, 0) is 49.0 Å². The van der Waals surface area contributed by atoms with E-state index < -0.39 is 0 Å². The number of benzene rings is 1. The Labute approximate surface area is 125 Å². The molecule has 2 rings (SSSR count). The molecule has 1 saturated carbocycles. The van der Waals surface area contributed by atoms with Gasteiger partial charge in [-0.1, -0.05) is 58.0 Å². The van der Waals surface area contributed by atoms with E-state index in [9.17, 15) is 0 Å². The topological polar surface area (TPSA) is 12.0 Å². The Morgan fingerprint density at radius 3 is 2.00 bits per heavy atom. The summed E-state index contributed by atoms with van der Waals surface area (Å²) in [5.74, 6) is 2.44. The second-order valence-corrected chi connectivity index (χ2v) is 7.15. The van der Waals surface area contributed by atoms with E-state index in [1.807, 2.05) is 0 Å². The van der Waals surface area contributed by atoms with E-state index in [1.165, 1.54) is 31.2 Å². The SMILES string of the molecule is CC(C)C1CCC(NC(c2ccccc2)C(C)C)CC1. The third-order valence-corrected chi connectivity index (χ3v) is 4.96. The third kappa shape index (κ3) is 4.09. The Hall–Kier alpha value is -0.820. The molecule has 0 radical (unpaired) electrons. The van der Waals surface area contributed by atoms with Crippen molar-refractivity contribution >= 4 is 0 Å². The fourth-order valence-electron chi connectivity index (χ4n) is 3.54. The van der Waals surface area contributed by atoms with Crippen molar-refractivity contribution in [2.24, 2.45) is 17.8 Å². The molecule has 0 spiro atoms. The Bertz CT molecular complexity index is 374. The molecule has 1 aromatic rings.